The number of hydrogen-bond donors (Lipinski definition) is 0. The first-order chi connectivity index (χ1) is 19.8. The molecule has 1 heterocycles. The first-order valence-electron chi connectivity index (χ1n) is 13.7. The Hall–Kier alpha value is -4.24. The number of hydrogen-bond acceptors (Lipinski definition) is 6. The van der Waals surface area contributed by atoms with Crippen LogP contribution in [-0.2, 0) is 0 Å². The highest BCUT2D eigenvalue weighted by atomic mass is 35.5. The summed E-state index contributed by atoms with van der Waals surface area (Å²) in [5.74, 6) is 0.492. The highest BCUT2D eigenvalue weighted by Crippen LogP contribution is 2.32. The van der Waals surface area contributed by atoms with Crippen molar-refractivity contribution in [3.05, 3.63) is 104 Å². The minimum absolute atomic E-state index is 0.00815. The van der Waals surface area contributed by atoms with Crippen molar-refractivity contribution in [2.45, 2.75) is 52.0 Å². The van der Waals surface area contributed by atoms with Gasteiger partial charge in [0, 0.05) is 18.7 Å². The highest BCUT2D eigenvalue weighted by molar-refractivity contribution is 6.34. The van der Waals surface area contributed by atoms with Gasteiger partial charge in [0.05, 0.1) is 45.3 Å². The molecule has 41 heavy (non-hydrogen) atoms. The van der Waals surface area contributed by atoms with Crippen molar-refractivity contribution in [3.8, 4) is 11.4 Å². The molecule has 4 rings (SSSR count). The number of fused-ring (bicyclic) bond motifs is 1. The number of halogens is 1. The van der Waals surface area contributed by atoms with Crippen LogP contribution in [0.5, 0.6) is 5.75 Å². The fourth-order valence-electron chi connectivity index (χ4n) is 5.02. The summed E-state index contributed by atoms with van der Waals surface area (Å²) in [5, 5.41) is 11.7. The molecular formula is C31H33ClN4O5. The zero-order valence-corrected chi connectivity index (χ0v) is 24.1. The molecule has 0 saturated heterocycles. The van der Waals surface area contributed by atoms with Crippen LogP contribution >= 0.6 is 11.6 Å². The number of nitro groups is 1. The summed E-state index contributed by atoms with van der Waals surface area (Å²) in [6.07, 6.45) is 4.13. The van der Waals surface area contributed by atoms with Crippen molar-refractivity contribution in [3.63, 3.8) is 0 Å². The SMILES string of the molecule is CCCCCCN(C(=O)c1ccc([N+](=O)[O-])cc1Cl)C(CC)c1nc2ccccc2c(=O)n1-c1ccccc1OC. The lowest BCUT2D eigenvalue weighted by atomic mass is 10.1. The molecule has 9 nitrogen and oxygen atoms in total. The third-order valence-corrected chi connectivity index (χ3v) is 7.41. The molecule has 1 atom stereocenters. The Labute approximate surface area is 243 Å². The fourth-order valence-corrected chi connectivity index (χ4v) is 5.27. The number of carbonyl (C=O) groups is 1. The van der Waals surface area contributed by atoms with Gasteiger partial charge >= 0.3 is 0 Å². The Morgan fingerprint density at radius 1 is 1.07 bits per heavy atom. The van der Waals surface area contributed by atoms with E-state index in [2.05, 4.69) is 6.92 Å². The van der Waals surface area contributed by atoms with Gasteiger partial charge < -0.3 is 9.64 Å². The van der Waals surface area contributed by atoms with Gasteiger partial charge in [0.1, 0.15) is 11.6 Å². The number of benzene rings is 3. The maximum atomic E-state index is 14.1. The van der Waals surface area contributed by atoms with E-state index in [1.807, 2.05) is 25.1 Å². The topological polar surface area (TPSA) is 108 Å². The van der Waals surface area contributed by atoms with Crippen LogP contribution < -0.4 is 10.3 Å². The van der Waals surface area contributed by atoms with E-state index in [9.17, 15) is 19.7 Å². The van der Waals surface area contributed by atoms with Crippen LogP contribution in [0.15, 0.2) is 71.5 Å². The van der Waals surface area contributed by atoms with Crippen LogP contribution in [0.3, 0.4) is 0 Å². The van der Waals surface area contributed by atoms with Crippen LogP contribution in [0.25, 0.3) is 16.6 Å². The van der Waals surface area contributed by atoms with Gasteiger partial charge in [-0.25, -0.2) is 4.98 Å². The lowest BCUT2D eigenvalue weighted by Crippen LogP contribution is -2.39. The first-order valence-corrected chi connectivity index (χ1v) is 14.1. The van der Waals surface area contributed by atoms with Gasteiger partial charge in [-0.3, -0.25) is 24.3 Å². The van der Waals surface area contributed by atoms with Gasteiger partial charge in [-0.05, 0) is 43.2 Å². The van der Waals surface area contributed by atoms with Gasteiger partial charge in [-0.2, -0.15) is 0 Å². The van der Waals surface area contributed by atoms with Crippen LogP contribution in [0.1, 0.15) is 68.2 Å². The average Bonchev–Trinajstić information content (AvgIpc) is 2.98. The molecule has 1 amide bonds. The van der Waals surface area contributed by atoms with Crippen LogP contribution in [0, 0.1) is 10.1 Å². The largest absolute Gasteiger partial charge is 0.495 e. The van der Waals surface area contributed by atoms with Crippen molar-refractivity contribution in [1.29, 1.82) is 0 Å². The van der Waals surface area contributed by atoms with E-state index in [0.29, 0.717) is 41.1 Å². The summed E-state index contributed by atoms with van der Waals surface area (Å²) in [5.41, 5.74) is 0.704. The molecule has 3 aromatic carbocycles. The van der Waals surface area contributed by atoms with Crippen molar-refractivity contribution in [2.24, 2.45) is 0 Å². The summed E-state index contributed by atoms with van der Waals surface area (Å²) < 4.78 is 7.14. The standard InChI is InChI=1S/C31H33ClN4O5/c1-4-6-7-12-19-34(30(37)22-18-17-21(36(39)40)20-24(22)32)26(5-2)29-33-25-14-9-8-13-23(25)31(38)35(29)27-15-10-11-16-28(27)41-3/h8-11,13-18,20,26H,4-7,12,19H2,1-3H3. The summed E-state index contributed by atoms with van der Waals surface area (Å²) in [6.45, 7) is 4.43. The van der Waals surface area contributed by atoms with E-state index in [4.69, 9.17) is 21.3 Å². The Balaban J connectivity index is 1.93. The van der Waals surface area contributed by atoms with Crippen molar-refractivity contribution >= 4 is 34.1 Å². The lowest BCUT2D eigenvalue weighted by molar-refractivity contribution is -0.384. The second-order valence-electron chi connectivity index (χ2n) is 9.70. The molecule has 0 fully saturated rings. The number of ether oxygens (including phenoxy) is 1. The van der Waals surface area contributed by atoms with Gasteiger partial charge in [-0.1, -0.05) is 69.0 Å². The maximum Gasteiger partial charge on any atom is 0.270 e. The molecule has 0 spiro atoms. The Morgan fingerprint density at radius 2 is 1.80 bits per heavy atom. The number of para-hydroxylation sites is 3. The van der Waals surface area contributed by atoms with Crippen LogP contribution in [-0.4, -0.2) is 38.9 Å². The summed E-state index contributed by atoms with van der Waals surface area (Å²) in [4.78, 5) is 45.5. The number of nitrogens with zero attached hydrogens (tertiary/aromatic N) is 4. The molecule has 0 bridgehead atoms. The van der Waals surface area contributed by atoms with Gasteiger partial charge in [-0.15, -0.1) is 0 Å². The quantitative estimate of drug-likeness (QED) is 0.101. The molecule has 0 N–H and O–H groups in total. The van der Waals surface area contributed by atoms with E-state index in [1.165, 1.54) is 29.9 Å². The van der Waals surface area contributed by atoms with E-state index in [1.54, 1.807) is 35.2 Å². The molecule has 0 aliphatic rings. The number of rotatable bonds is 12. The third kappa shape index (κ3) is 6.25. The maximum absolute atomic E-state index is 14.1. The minimum Gasteiger partial charge on any atom is -0.495 e. The number of nitro benzene ring substituents is 1. The molecule has 0 aliphatic heterocycles. The molecule has 0 radical (unpaired) electrons. The number of methoxy groups -OCH3 is 1. The van der Waals surface area contributed by atoms with E-state index in [0.717, 1.165) is 25.7 Å². The number of unbranched alkanes of at least 4 members (excludes halogenated alkanes) is 3. The monoisotopic (exact) mass is 576 g/mol. The number of non-ortho nitro benzene ring substituents is 1. The minimum atomic E-state index is -0.613. The van der Waals surface area contributed by atoms with Crippen molar-refractivity contribution < 1.29 is 14.5 Å². The van der Waals surface area contributed by atoms with Gasteiger partial charge in [0.25, 0.3) is 17.2 Å². The zero-order valence-electron chi connectivity index (χ0n) is 23.4. The molecular weight excluding hydrogens is 544 g/mol. The van der Waals surface area contributed by atoms with Crippen molar-refractivity contribution in [2.75, 3.05) is 13.7 Å². The Kier molecular flexibility index (Phi) is 9.73. The normalized spacial score (nSPS) is 11.8. The van der Waals surface area contributed by atoms with Crippen LogP contribution in [0.4, 0.5) is 5.69 Å². The summed E-state index contributed by atoms with van der Waals surface area (Å²) in [6, 6.07) is 17.5. The molecule has 1 aromatic heterocycles. The fraction of sp³-hybridized carbons (Fsp3) is 0.323. The summed E-state index contributed by atoms with van der Waals surface area (Å²) in [7, 11) is 1.54. The smallest absolute Gasteiger partial charge is 0.270 e. The molecule has 0 saturated carbocycles. The van der Waals surface area contributed by atoms with E-state index in [-0.39, 0.29) is 27.7 Å². The lowest BCUT2D eigenvalue weighted by Gasteiger charge is -2.33. The second-order valence-corrected chi connectivity index (χ2v) is 10.1. The predicted molar refractivity (Wildman–Crippen MR) is 160 cm³/mol. The highest BCUT2D eigenvalue weighted by Gasteiger charge is 2.31. The van der Waals surface area contributed by atoms with Gasteiger partial charge in [0.2, 0.25) is 0 Å². The number of carbonyl (C=O) groups excluding carboxylic acids is 1. The molecule has 0 aliphatic carbocycles. The summed E-state index contributed by atoms with van der Waals surface area (Å²) >= 11 is 6.42. The van der Waals surface area contributed by atoms with Crippen LogP contribution in [0.2, 0.25) is 5.02 Å². The number of aromatic nitrogens is 2. The first kappa shape index (κ1) is 29.7. The van der Waals surface area contributed by atoms with E-state index >= 15 is 0 Å². The molecule has 4 aromatic rings. The van der Waals surface area contributed by atoms with Crippen molar-refractivity contribution in [1.82, 2.24) is 14.5 Å². The Morgan fingerprint density at radius 3 is 2.49 bits per heavy atom. The average molecular weight is 577 g/mol. The number of amides is 1. The second kappa shape index (κ2) is 13.4. The molecule has 214 valence electrons. The zero-order chi connectivity index (χ0) is 29.5. The molecule has 10 heteroatoms. The molecule has 1 unspecified atom stereocenters. The third-order valence-electron chi connectivity index (χ3n) is 7.10. The van der Waals surface area contributed by atoms with Gasteiger partial charge in [0.15, 0.2) is 0 Å². The predicted octanol–water partition coefficient (Wildman–Crippen LogP) is 7.13. The van der Waals surface area contributed by atoms with E-state index < -0.39 is 11.0 Å². The Bertz CT molecular complexity index is 1620.